The molecule has 0 radical (unpaired) electrons. The molecule has 1 aliphatic rings. The summed E-state index contributed by atoms with van der Waals surface area (Å²) in [5.41, 5.74) is 5.69. The van der Waals surface area contributed by atoms with Crippen molar-refractivity contribution in [3.05, 3.63) is 0 Å². The number of carbonyl (C=O) groups is 1. The maximum absolute atomic E-state index is 11.8. The third-order valence-corrected chi connectivity index (χ3v) is 3.58. The zero-order valence-corrected chi connectivity index (χ0v) is 13.1. The molecule has 0 aromatic rings. The van der Waals surface area contributed by atoms with Gasteiger partial charge in [-0.15, -0.1) is 24.8 Å². The Morgan fingerprint density at radius 3 is 2.50 bits per heavy atom. The quantitative estimate of drug-likeness (QED) is 0.807. The molecule has 1 amide bonds. The third kappa shape index (κ3) is 6.23. The first kappa shape index (κ1) is 20.3. The molecule has 1 rings (SSSR count). The van der Waals surface area contributed by atoms with Crippen LogP contribution in [0, 0.1) is 5.92 Å². The molecule has 3 N–H and O–H groups in total. The third-order valence-electron chi connectivity index (χ3n) is 3.58. The number of amides is 1. The molecule has 1 fully saturated rings. The number of halogens is 2. The average molecular weight is 300 g/mol. The van der Waals surface area contributed by atoms with E-state index in [-0.39, 0.29) is 30.7 Å². The minimum Gasteiger partial charge on any atom is -0.352 e. The first-order valence-electron chi connectivity index (χ1n) is 6.24. The van der Waals surface area contributed by atoms with Crippen molar-refractivity contribution in [1.82, 2.24) is 10.2 Å². The van der Waals surface area contributed by atoms with E-state index in [0.717, 1.165) is 12.8 Å². The summed E-state index contributed by atoms with van der Waals surface area (Å²) >= 11 is 0. The van der Waals surface area contributed by atoms with Crippen molar-refractivity contribution >= 4 is 30.7 Å². The highest BCUT2D eigenvalue weighted by molar-refractivity contribution is 5.85. The molecule has 0 spiro atoms. The Balaban J connectivity index is 0. The summed E-state index contributed by atoms with van der Waals surface area (Å²) in [5, 5.41) is 3.11. The fourth-order valence-corrected chi connectivity index (χ4v) is 2.17. The second-order valence-corrected chi connectivity index (χ2v) is 5.11. The standard InChI is InChI=1S/C12H25N3O.2ClH/c1-9(2)15(3)8-12(16)14-11-6-4-5-10(11)7-13;;/h9-11H,4-8,13H2,1-3H3,(H,14,16);2*1H. The molecule has 0 aromatic carbocycles. The predicted octanol–water partition coefficient (Wildman–Crippen LogP) is 1.41. The lowest BCUT2D eigenvalue weighted by atomic mass is 10.0. The lowest BCUT2D eigenvalue weighted by Crippen LogP contribution is -2.45. The smallest absolute Gasteiger partial charge is 0.234 e. The molecule has 1 aliphatic carbocycles. The number of rotatable bonds is 5. The van der Waals surface area contributed by atoms with E-state index in [0.29, 0.717) is 31.1 Å². The van der Waals surface area contributed by atoms with Gasteiger partial charge in [-0.3, -0.25) is 9.69 Å². The number of carbonyl (C=O) groups excluding carboxylic acids is 1. The second-order valence-electron chi connectivity index (χ2n) is 5.11. The fourth-order valence-electron chi connectivity index (χ4n) is 2.17. The first-order valence-corrected chi connectivity index (χ1v) is 6.24. The molecule has 0 bridgehead atoms. The van der Waals surface area contributed by atoms with Crippen LogP contribution in [0.2, 0.25) is 0 Å². The number of hydrogen-bond donors (Lipinski definition) is 2. The van der Waals surface area contributed by atoms with Gasteiger partial charge in [0.15, 0.2) is 0 Å². The van der Waals surface area contributed by atoms with Gasteiger partial charge in [0.25, 0.3) is 0 Å². The van der Waals surface area contributed by atoms with Crippen LogP contribution in [0.3, 0.4) is 0 Å². The Kier molecular flexibility index (Phi) is 11.1. The Labute approximate surface area is 123 Å². The van der Waals surface area contributed by atoms with E-state index in [1.54, 1.807) is 0 Å². The van der Waals surface area contributed by atoms with Crippen LogP contribution in [0.1, 0.15) is 33.1 Å². The molecule has 0 aromatic heterocycles. The highest BCUT2D eigenvalue weighted by atomic mass is 35.5. The van der Waals surface area contributed by atoms with Gasteiger partial charge >= 0.3 is 0 Å². The Morgan fingerprint density at radius 1 is 1.39 bits per heavy atom. The van der Waals surface area contributed by atoms with Crippen LogP contribution >= 0.6 is 24.8 Å². The Bertz CT molecular complexity index is 239. The number of nitrogens with two attached hydrogens (primary N) is 1. The van der Waals surface area contributed by atoms with Crippen LogP contribution in [-0.4, -0.2) is 43.0 Å². The predicted molar refractivity (Wildman–Crippen MR) is 80.6 cm³/mol. The summed E-state index contributed by atoms with van der Waals surface area (Å²) in [7, 11) is 1.97. The van der Waals surface area contributed by atoms with Crippen molar-refractivity contribution in [3.8, 4) is 0 Å². The van der Waals surface area contributed by atoms with Crippen molar-refractivity contribution in [2.75, 3.05) is 20.1 Å². The zero-order valence-electron chi connectivity index (χ0n) is 11.5. The van der Waals surface area contributed by atoms with Crippen molar-refractivity contribution in [3.63, 3.8) is 0 Å². The number of nitrogens with zero attached hydrogens (tertiary/aromatic N) is 1. The van der Waals surface area contributed by atoms with Gasteiger partial charge in [0.2, 0.25) is 5.91 Å². The average Bonchev–Trinajstić information content (AvgIpc) is 2.64. The van der Waals surface area contributed by atoms with Crippen LogP contribution in [0.5, 0.6) is 0 Å². The van der Waals surface area contributed by atoms with E-state index in [2.05, 4.69) is 19.2 Å². The Hall–Kier alpha value is -0.0300. The van der Waals surface area contributed by atoms with Crippen molar-refractivity contribution in [2.45, 2.75) is 45.2 Å². The van der Waals surface area contributed by atoms with Gasteiger partial charge in [-0.1, -0.05) is 6.42 Å². The topological polar surface area (TPSA) is 58.4 Å². The molecule has 1 saturated carbocycles. The van der Waals surface area contributed by atoms with Crippen molar-refractivity contribution in [2.24, 2.45) is 11.7 Å². The molecular formula is C12H27Cl2N3O. The molecule has 4 nitrogen and oxygen atoms in total. The monoisotopic (exact) mass is 299 g/mol. The van der Waals surface area contributed by atoms with Gasteiger partial charge in [-0.2, -0.15) is 0 Å². The number of hydrogen-bond acceptors (Lipinski definition) is 3. The Morgan fingerprint density at radius 2 is 2.00 bits per heavy atom. The number of nitrogens with one attached hydrogen (secondary N) is 1. The van der Waals surface area contributed by atoms with E-state index in [1.165, 1.54) is 6.42 Å². The molecule has 18 heavy (non-hydrogen) atoms. The summed E-state index contributed by atoms with van der Waals surface area (Å²) in [6.45, 7) is 5.34. The van der Waals surface area contributed by atoms with Gasteiger partial charge in [0.1, 0.15) is 0 Å². The van der Waals surface area contributed by atoms with Crippen molar-refractivity contribution in [1.29, 1.82) is 0 Å². The molecule has 6 heteroatoms. The van der Waals surface area contributed by atoms with Gasteiger partial charge in [-0.25, -0.2) is 0 Å². The fraction of sp³-hybridized carbons (Fsp3) is 0.917. The summed E-state index contributed by atoms with van der Waals surface area (Å²) in [6, 6.07) is 0.706. The summed E-state index contributed by atoms with van der Waals surface area (Å²) in [5.74, 6) is 0.606. The minimum absolute atomic E-state index is 0. The van der Waals surface area contributed by atoms with E-state index in [4.69, 9.17) is 5.73 Å². The zero-order chi connectivity index (χ0) is 12.1. The highest BCUT2D eigenvalue weighted by Gasteiger charge is 2.27. The maximum atomic E-state index is 11.8. The van der Waals surface area contributed by atoms with Crippen LogP contribution in [-0.2, 0) is 4.79 Å². The minimum atomic E-state index is 0. The second kappa shape index (κ2) is 9.84. The molecule has 2 unspecified atom stereocenters. The highest BCUT2D eigenvalue weighted by Crippen LogP contribution is 2.24. The van der Waals surface area contributed by atoms with Crippen LogP contribution in [0.25, 0.3) is 0 Å². The molecule has 0 saturated heterocycles. The lowest BCUT2D eigenvalue weighted by molar-refractivity contribution is -0.123. The first-order chi connectivity index (χ1) is 7.54. The summed E-state index contributed by atoms with van der Waals surface area (Å²) in [6.07, 6.45) is 3.42. The maximum Gasteiger partial charge on any atom is 0.234 e. The molecular weight excluding hydrogens is 273 g/mol. The van der Waals surface area contributed by atoms with Crippen LogP contribution in [0.15, 0.2) is 0 Å². The van der Waals surface area contributed by atoms with Gasteiger partial charge in [0, 0.05) is 12.1 Å². The SMILES string of the molecule is CC(C)N(C)CC(=O)NC1CCCC1CN.Cl.Cl. The van der Waals surface area contributed by atoms with Gasteiger partial charge in [-0.05, 0) is 46.2 Å². The van der Waals surface area contributed by atoms with E-state index < -0.39 is 0 Å². The van der Waals surface area contributed by atoms with E-state index >= 15 is 0 Å². The summed E-state index contributed by atoms with van der Waals surface area (Å²) < 4.78 is 0. The van der Waals surface area contributed by atoms with Gasteiger partial charge < -0.3 is 11.1 Å². The van der Waals surface area contributed by atoms with E-state index in [1.807, 2.05) is 11.9 Å². The molecule has 0 heterocycles. The lowest BCUT2D eigenvalue weighted by Gasteiger charge is -2.24. The van der Waals surface area contributed by atoms with Crippen LogP contribution in [0.4, 0.5) is 0 Å². The normalized spacial score (nSPS) is 22.6. The van der Waals surface area contributed by atoms with Gasteiger partial charge in [0.05, 0.1) is 6.54 Å². The van der Waals surface area contributed by atoms with Crippen LogP contribution < -0.4 is 11.1 Å². The van der Waals surface area contributed by atoms with E-state index in [9.17, 15) is 4.79 Å². The summed E-state index contributed by atoms with van der Waals surface area (Å²) in [4.78, 5) is 13.8. The molecule has 2 atom stereocenters. The molecule has 110 valence electrons. The number of likely N-dealkylation sites (N-methyl/N-ethyl adjacent to an activating group) is 1. The van der Waals surface area contributed by atoms with Crippen molar-refractivity contribution < 1.29 is 4.79 Å². The molecule has 0 aliphatic heterocycles. The largest absolute Gasteiger partial charge is 0.352 e.